The number of carbonyl (C=O) groups is 1. The van der Waals surface area contributed by atoms with E-state index in [1.165, 1.54) is 11.1 Å². The lowest BCUT2D eigenvalue weighted by Gasteiger charge is -2.20. The van der Waals surface area contributed by atoms with Gasteiger partial charge in [-0.05, 0) is 42.3 Å². The molecule has 0 spiro atoms. The quantitative estimate of drug-likeness (QED) is 0.852. The maximum Gasteiger partial charge on any atom is 0.234 e. The highest BCUT2D eigenvalue weighted by Crippen LogP contribution is 2.23. The van der Waals surface area contributed by atoms with Gasteiger partial charge in [-0.2, -0.15) is 0 Å². The second-order valence-electron chi connectivity index (χ2n) is 5.02. The van der Waals surface area contributed by atoms with Crippen molar-refractivity contribution in [3.8, 4) is 0 Å². The lowest BCUT2D eigenvalue weighted by atomic mass is 9.99. The van der Waals surface area contributed by atoms with E-state index in [4.69, 9.17) is 0 Å². The van der Waals surface area contributed by atoms with E-state index in [-0.39, 0.29) is 5.91 Å². The van der Waals surface area contributed by atoms with E-state index in [0.717, 1.165) is 30.1 Å². The summed E-state index contributed by atoms with van der Waals surface area (Å²) in [5.41, 5.74) is 3.50. The predicted octanol–water partition coefficient (Wildman–Crippen LogP) is 3.06. The number of thioether (sulfide) groups is 1. The van der Waals surface area contributed by atoms with Gasteiger partial charge in [0.25, 0.3) is 0 Å². The first-order valence-corrected chi connectivity index (χ1v) is 8.10. The molecule has 0 fully saturated rings. The zero-order valence-corrected chi connectivity index (χ0v) is 12.6. The Morgan fingerprint density at radius 3 is 2.86 bits per heavy atom. The van der Waals surface area contributed by atoms with E-state index >= 15 is 0 Å². The van der Waals surface area contributed by atoms with E-state index in [1.54, 1.807) is 11.8 Å². The molecule has 108 valence electrons. The highest BCUT2D eigenvalue weighted by Gasteiger charge is 2.14. The molecule has 1 aliphatic rings. The molecule has 1 amide bonds. The SMILES string of the molecule is O=C(CSc1ccccc1)Nc1cccc2c1CNCC2. The first kappa shape index (κ1) is 14.2. The third-order valence-electron chi connectivity index (χ3n) is 3.53. The summed E-state index contributed by atoms with van der Waals surface area (Å²) in [4.78, 5) is 13.2. The van der Waals surface area contributed by atoms with Gasteiger partial charge in [-0.1, -0.05) is 30.3 Å². The van der Waals surface area contributed by atoms with E-state index in [9.17, 15) is 4.79 Å². The van der Waals surface area contributed by atoms with Gasteiger partial charge in [0, 0.05) is 17.1 Å². The van der Waals surface area contributed by atoms with Crippen molar-refractivity contribution in [2.45, 2.75) is 17.9 Å². The summed E-state index contributed by atoms with van der Waals surface area (Å²) in [5.74, 6) is 0.476. The van der Waals surface area contributed by atoms with Crippen LogP contribution in [-0.4, -0.2) is 18.2 Å². The molecule has 0 bridgehead atoms. The zero-order chi connectivity index (χ0) is 14.5. The fraction of sp³-hybridized carbons (Fsp3) is 0.235. The molecule has 3 rings (SSSR count). The summed E-state index contributed by atoms with van der Waals surface area (Å²) in [5, 5.41) is 6.40. The number of hydrogen-bond acceptors (Lipinski definition) is 3. The molecule has 4 heteroatoms. The van der Waals surface area contributed by atoms with Crippen LogP contribution in [0.3, 0.4) is 0 Å². The summed E-state index contributed by atoms with van der Waals surface area (Å²) >= 11 is 1.56. The minimum atomic E-state index is 0.0443. The van der Waals surface area contributed by atoms with Crippen LogP contribution < -0.4 is 10.6 Å². The Hall–Kier alpha value is -1.78. The number of hydrogen-bond donors (Lipinski definition) is 2. The second kappa shape index (κ2) is 6.78. The van der Waals surface area contributed by atoms with Gasteiger partial charge < -0.3 is 10.6 Å². The van der Waals surface area contributed by atoms with Gasteiger partial charge in [-0.15, -0.1) is 11.8 Å². The largest absolute Gasteiger partial charge is 0.325 e. The molecular formula is C17H18N2OS. The third kappa shape index (κ3) is 3.65. The van der Waals surface area contributed by atoms with Crippen molar-refractivity contribution < 1.29 is 4.79 Å². The van der Waals surface area contributed by atoms with Crippen molar-refractivity contribution in [2.24, 2.45) is 0 Å². The summed E-state index contributed by atoms with van der Waals surface area (Å²) in [6.07, 6.45) is 1.03. The Bertz CT molecular complexity index is 628. The maximum absolute atomic E-state index is 12.1. The molecule has 1 aliphatic heterocycles. The van der Waals surface area contributed by atoms with Crippen molar-refractivity contribution in [3.63, 3.8) is 0 Å². The van der Waals surface area contributed by atoms with Crippen LogP contribution in [0.25, 0.3) is 0 Å². The number of anilines is 1. The van der Waals surface area contributed by atoms with Crippen LogP contribution in [0.1, 0.15) is 11.1 Å². The molecule has 3 nitrogen and oxygen atoms in total. The molecule has 0 atom stereocenters. The lowest BCUT2D eigenvalue weighted by molar-refractivity contribution is -0.113. The first-order valence-electron chi connectivity index (χ1n) is 7.12. The van der Waals surface area contributed by atoms with Crippen molar-refractivity contribution >= 4 is 23.4 Å². The second-order valence-corrected chi connectivity index (χ2v) is 6.07. The first-order chi connectivity index (χ1) is 10.3. The molecule has 2 aromatic rings. The average Bonchev–Trinajstić information content (AvgIpc) is 2.54. The van der Waals surface area contributed by atoms with Crippen LogP contribution in [-0.2, 0) is 17.8 Å². The molecule has 0 aliphatic carbocycles. The number of fused-ring (bicyclic) bond motifs is 1. The Kier molecular flexibility index (Phi) is 4.58. The number of amides is 1. The van der Waals surface area contributed by atoms with Crippen molar-refractivity contribution in [3.05, 3.63) is 59.7 Å². The molecule has 0 saturated carbocycles. The summed E-state index contributed by atoms with van der Waals surface area (Å²) in [7, 11) is 0. The molecule has 2 N–H and O–H groups in total. The van der Waals surface area contributed by atoms with E-state index in [0.29, 0.717) is 5.75 Å². The molecular weight excluding hydrogens is 280 g/mol. The van der Waals surface area contributed by atoms with Crippen molar-refractivity contribution in [1.29, 1.82) is 0 Å². The predicted molar refractivity (Wildman–Crippen MR) is 87.6 cm³/mol. The smallest absolute Gasteiger partial charge is 0.234 e. The molecule has 1 heterocycles. The van der Waals surface area contributed by atoms with Crippen LogP contribution in [0.4, 0.5) is 5.69 Å². The standard InChI is InChI=1S/C17H18N2OS/c20-17(12-21-14-6-2-1-3-7-14)19-16-8-4-5-13-9-10-18-11-15(13)16/h1-8,18H,9-12H2,(H,19,20). The highest BCUT2D eigenvalue weighted by atomic mass is 32.2. The molecule has 0 radical (unpaired) electrons. The number of nitrogens with one attached hydrogen (secondary N) is 2. The average molecular weight is 298 g/mol. The monoisotopic (exact) mass is 298 g/mol. The van der Waals surface area contributed by atoms with Gasteiger partial charge in [-0.25, -0.2) is 0 Å². The summed E-state index contributed by atoms with van der Waals surface area (Å²) in [6, 6.07) is 16.1. The van der Waals surface area contributed by atoms with Crippen LogP contribution in [0, 0.1) is 0 Å². The lowest BCUT2D eigenvalue weighted by Crippen LogP contribution is -2.25. The third-order valence-corrected chi connectivity index (χ3v) is 4.55. The van der Waals surface area contributed by atoms with E-state index in [1.807, 2.05) is 42.5 Å². The van der Waals surface area contributed by atoms with Crippen LogP contribution in [0.5, 0.6) is 0 Å². The van der Waals surface area contributed by atoms with Gasteiger partial charge in [0.2, 0.25) is 5.91 Å². The van der Waals surface area contributed by atoms with Crippen LogP contribution >= 0.6 is 11.8 Å². The molecule has 21 heavy (non-hydrogen) atoms. The minimum absolute atomic E-state index is 0.0443. The Balaban J connectivity index is 1.63. The molecule has 2 aromatic carbocycles. The minimum Gasteiger partial charge on any atom is -0.325 e. The Morgan fingerprint density at radius 1 is 1.14 bits per heavy atom. The fourth-order valence-corrected chi connectivity index (χ4v) is 3.20. The Morgan fingerprint density at radius 2 is 2.00 bits per heavy atom. The van der Waals surface area contributed by atoms with Gasteiger partial charge in [-0.3, -0.25) is 4.79 Å². The van der Waals surface area contributed by atoms with E-state index < -0.39 is 0 Å². The summed E-state index contributed by atoms with van der Waals surface area (Å²) in [6.45, 7) is 1.84. The van der Waals surface area contributed by atoms with Gasteiger partial charge in [0.05, 0.1) is 5.75 Å². The zero-order valence-electron chi connectivity index (χ0n) is 11.8. The highest BCUT2D eigenvalue weighted by molar-refractivity contribution is 8.00. The molecule has 0 aromatic heterocycles. The Labute approximate surface area is 129 Å². The fourth-order valence-electron chi connectivity index (χ4n) is 2.48. The summed E-state index contributed by atoms with van der Waals surface area (Å²) < 4.78 is 0. The topological polar surface area (TPSA) is 41.1 Å². The number of benzene rings is 2. The number of rotatable bonds is 4. The van der Waals surface area contributed by atoms with Gasteiger partial charge >= 0.3 is 0 Å². The van der Waals surface area contributed by atoms with Crippen molar-refractivity contribution in [1.82, 2.24) is 5.32 Å². The van der Waals surface area contributed by atoms with E-state index in [2.05, 4.69) is 16.7 Å². The molecule has 0 saturated heterocycles. The number of carbonyl (C=O) groups excluding carboxylic acids is 1. The van der Waals surface area contributed by atoms with Crippen LogP contribution in [0.15, 0.2) is 53.4 Å². The van der Waals surface area contributed by atoms with Gasteiger partial charge in [0.15, 0.2) is 0 Å². The molecule has 0 unspecified atom stereocenters. The van der Waals surface area contributed by atoms with Crippen molar-refractivity contribution in [2.75, 3.05) is 17.6 Å². The van der Waals surface area contributed by atoms with Gasteiger partial charge in [0.1, 0.15) is 0 Å². The van der Waals surface area contributed by atoms with Crippen LogP contribution in [0.2, 0.25) is 0 Å². The normalized spacial score (nSPS) is 13.5. The maximum atomic E-state index is 12.1.